The van der Waals surface area contributed by atoms with Crippen molar-refractivity contribution in [1.82, 2.24) is 4.57 Å². The van der Waals surface area contributed by atoms with Crippen molar-refractivity contribution in [2.45, 2.75) is 19.6 Å². The minimum Gasteiger partial charge on any atom is -0.479 e. The quantitative estimate of drug-likeness (QED) is 0.513. The van der Waals surface area contributed by atoms with Crippen LogP contribution in [0.2, 0.25) is 0 Å². The van der Waals surface area contributed by atoms with Crippen molar-refractivity contribution in [3.8, 4) is 17.0 Å². The van der Waals surface area contributed by atoms with E-state index in [-0.39, 0.29) is 18.4 Å². The Kier molecular flexibility index (Phi) is 4.67. The van der Waals surface area contributed by atoms with Gasteiger partial charge in [0, 0.05) is 22.3 Å². The van der Waals surface area contributed by atoms with Crippen molar-refractivity contribution in [1.29, 1.82) is 0 Å². The highest BCUT2D eigenvalue weighted by Crippen LogP contribution is 2.32. The first-order valence-corrected chi connectivity index (χ1v) is 10.1. The molecule has 0 spiro atoms. The number of hydrogen-bond donors (Lipinski definition) is 2. The monoisotopic (exact) mass is 411 g/mol. The summed E-state index contributed by atoms with van der Waals surface area (Å²) >= 11 is 0. The molecule has 4 aromatic rings. The molecule has 2 N–H and O–H groups in total. The molecule has 0 fully saturated rings. The number of anilines is 2. The molecule has 0 bridgehead atoms. The SMILES string of the molecule is C[C@H]1Oc2ccc(NC(=O)Cn3c(-c4ccccc4)cc4ccccc43)cc2NC1=O. The summed E-state index contributed by atoms with van der Waals surface area (Å²) in [4.78, 5) is 24.8. The average Bonchev–Trinajstić information content (AvgIpc) is 3.14. The molecule has 0 saturated carbocycles. The molecule has 31 heavy (non-hydrogen) atoms. The Morgan fingerprint density at radius 1 is 1.03 bits per heavy atom. The van der Waals surface area contributed by atoms with Gasteiger partial charge < -0.3 is 19.9 Å². The number of fused-ring (bicyclic) bond motifs is 2. The van der Waals surface area contributed by atoms with Gasteiger partial charge in [0.2, 0.25) is 5.91 Å². The third-order valence-corrected chi connectivity index (χ3v) is 5.38. The Hall–Kier alpha value is -4.06. The lowest BCUT2D eigenvalue weighted by atomic mass is 10.1. The van der Waals surface area contributed by atoms with Gasteiger partial charge >= 0.3 is 0 Å². The maximum atomic E-state index is 12.9. The molecule has 1 atom stereocenters. The molecule has 2 heterocycles. The van der Waals surface area contributed by atoms with Gasteiger partial charge in [-0.1, -0.05) is 48.5 Å². The Balaban J connectivity index is 1.43. The van der Waals surface area contributed by atoms with E-state index in [2.05, 4.69) is 16.7 Å². The zero-order valence-electron chi connectivity index (χ0n) is 17.0. The first-order chi connectivity index (χ1) is 15.1. The van der Waals surface area contributed by atoms with E-state index in [1.54, 1.807) is 25.1 Å². The van der Waals surface area contributed by atoms with E-state index in [0.717, 1.165) is 22.2 Å². The summed E-state index contributed by atoms with van der Waals surface area (Å²) < 4.78 is 7.59. The maximum absolute atomic E-state index is 12.9. The largest absolute Gasteiger partial charge is 0.479 e. The fourth-order valence-corrected chi connectivity index (χ4v) is 3.86. The number of aromatic nitrogens is 1. The van der Waals surface area contributed by atoms with Gasteiger partial charge in [-0.25, -0.2) is 0 Å². The predicted molar refractivity (Wildman–Crippen MR) is 121 cm³/mol. The molecule has 1 aliphatic rings. The molecule has 6 heteroatoms. The molecule has 2 amide bonds. The molecular weight excluding hydrogens is 390 g/mol. The number of carbonyl (C=O) groups excluding carboxylic acids is 2. The van der Waals surface area contributed by atoms with Crippen molar-refractivity contribution in [3.05, 3.63) is 78.9 Å². The summed E-state index contributed by atoms with van der Waals surface area (Å²) in [6, 6.07) is 25.4. The van der Waals surface area contributed by atoms with E-state index in [0.29, 0.717) is 17.1 Å². The van der Waals surface area contributed by atoms with Crippen LogP contribution < -0.4 is 15.4 Å². The normalized spacial score (nSPS) is 15.1. The lowest BCUT2D eigenvalue weighted by Gasteiger charge is -2.23. The fraction of sp³-hybridized carbons (Fsp3) is 0.120. The smallest absolute Gasteiger partial charge is 0.265 e. The standard InChI is InChI=1S/C25H21N3O3/c1-16-25(30)27-20-14-19(11-12-23(20)31-16)26-24(29)15-28-21-10-6-5-9-18(21)13-22(28)17-7-3-2-4-8-17/h2-14,16H,15H2,1H3,(H,26,29)(H,27,30)/t16-/m1/s1. The molecule has 0 aliphatic carbocycles. The zero-order valence-corrected chi connectivity index (χ0v) is 17.0. The number of carbonyl (C=O) groups is 2. The van der Waals surface area contributed by atoms with Crippen molar-refractivity contribution in [2.24, 2.45) is 0 Å². The van der Waals surface area contributed by atoms with Crippen LogP contribution in [0.4, 0.5) is 11.4 Å². The Bertz CT molecular complexity index is 1290. The van der Waals surface area contributed by atoms with Crippen LogP contribution in [0.25, 0.3) is 22.2 Å². The maximum Gasteiger partial charge on any atom is 0.265 e. The topological polar surface area (TPSA) is 72.4 Å². The van der Waals surface area contributed by atoms with Crippen LogP contribution in [0.3, 0.4) is 0 Å². The molecule has 1 aromatic heterocycles. The van der Waals surface area contributed by atoms with Gasteiger partial charge in [-0.3, -0.25) is 9.59 Å². The fourth-order valence-electron chi connectivity index (χ4n) is 3.86. The molecule has 1 aliphatic heterocycles. The van der Waals surface area contributed by atoms with Crippen LogP contribution in [0.1, 0.15) is 6.92 Å². The van der Waals surface area contributed by atoms with Gasteiger partial charge in [-0.05, 0) is 42.8 Å². The van der Waals surface area contributed by atoms with Crippen molar-refractivity contribution < 1.29 is 14.3 Å². The number of nitrogens with zero attached hydrogens (tertiary/aromatic N) is 1. The molecule has 0 saturated heterocycles. The Morgan fingerprint density at radius 3 is 2.65 bits per heavy atom. The molecule has 0 radical (unpaired) electrons. The Labute approximate surface area is 179 Å². The highest BCUT2D eigenvalue weighted by atomic mass is 16.5. The molecular formula is C25H21N3O3. The van der Waals surface area contributed by atoms with Crippen LogP contribution in [0.15, 0.2) is 78.9 Å². The summed E-state index contributed by atoms with van der Waals surface area (Å²) in [6.45, 7) is 1.86. The van der Waals surface area contributed by atoms with E-state index >= 15 is 0 Å². The van der Waals surface area contributed by atoms with Gasteiger partial charge in [0.05, 0.1) is 5.69 Å². The van der Waals surface area contributed by atoms with Crippen molar-refractivity contribution in [2.75, 3.05) is 10.6 Å². The van der Waals surface area contributed by atoms with Crippen molar-refractivity contribution >= 4 is 34.1 Å². The second-order valence-corrected chi connectivity index (χ2v) is 7.55. The summed E-state index contributed by atoms with van der Waals surface area (Å²) in [5.74, 6) is 0.227. The number of rotatable bonds is 4. The second kappa shape index (κ2) is 7.65. The van der Waals surface area contributed by atoms with E-state index in [1.807, 2.05) is 59.2 Å². The molecule has 6 nitrogen and oxygen atoms in total. The van der Waals surface area contributed by atoms with Crippen LogP contribution >= 0.6 is 0 Å². The lowest BCUT2D eigenvalue weighted by molar-refractivity contribution is -0.122. The summed E-state index contributed by atoms with van der Waals surface area (Å²) in [5, 5.41) is 6.82. The van der Waals surface area contributed by atoms with Crippen LogP contribution in [0, 0.1) is 0 Å². The van der Waals surface area contributed by atoms with Crippen LogP contribution in [0.5, 0.6) is 5.75 Å². The lowest BCUT2D eigenvalue weighted by Crippen LogP contribution is -2.34. The highest BCUT2D eigenvalue weighted by molar-refractivity contribution is 5.99. The Morgan fingerprint density at radius 2 is 1.81 bits per heavy atom. The number of ether oxygens (including phenoxy) is 1. The third kappa shape index (κ3) is 3.64. The van der Waals surface area contributed by atoms with Crippen molar-refractivity contribution in [3.63, 3.8) is 0 Å². The van der Waals surface area contributed by atoms with E-state index < -0.39 is 6.10 Å². The number of nitrogens with one attached hydrogen (secondary N) is 2. The first-order valence-electron chi connectivity index (χ1n) is 10.1. The molecule has 5 rings (SSSR count). The van der Waals surface area contributed by atoms with E-state index in [4.69, 9.17) is 4.74 Å². The summed E-state index contributed by atoms with van der Waals surface area (Å²) in [7, 11) is 0. The zero-order chi connectivity index (χ0) is 21.4. The van der Waals surface area contributed by atoms with Gasteiger partial charge in [0.1, 0.15) is 12.3 Å². The van der Waals surface area contributed by atoms with E-state index in [9.17, 15) is 9.59 Å². The number of para-hydroxylation sites is 1. The first kappa shape index (κ1) is 18.9. The number of amides is 2. The highest BCUT2D eigenvalue weighted by Gasteiger charge is 2.23. The average molecular weight is 411 g/mol. The molecule has 3 aromatic carbocycles. The van der Waals surface area contributed by atoms with Crippen LogP contribution in [-0.2, 0) is 16.1 Å². The minimum atomic E-state index is -0.536. The third-order valence-electron chi connectivity index (χ3n) is 5.38. The predicted octanol–water partition coefficient (Wildman–Crippen LogP) is 4.67. The number of benzene rings is 3. The summed E-state index contributed by atoms with van der Waals surface area (Å²) in [5.41, 5.74) is 4.18. The number of hydrogen-bond acceptors (Lipinski definition) is 3. The molecule has 154 valence electrons. The minimum absolute atomic E-state index is 0.157. The van der Waals surface area contributed by atoms with Gasteiger partial charge in [0.25, 0.3) is 5.91 Å². The van der Waals surface area contributed by atoms with E-state index in [1.165, 1.54) is 0 Å². The van der Waals surface area contributed by atoms with Gasteiger partial charge in [-0.2, -0.15) is 0 Å². The summed E-state index contributed by atoms with van der Waals surface area (Å²) in [6.07, 6.45) is -0.536. The molecule has 0 unspecified atom stereocenters. The van der Waals surface area contributed by atoms with Crippen LogP contribution in [-0.4, -0.2) is 22.5 Å². The van der Waals surface area contributed by atoms with Gasteiger partial charge in [-0.15, -0.1) is 0 Å². The van der Waals surface area contributed by atoms with Gasteiger partial charge in [0.15, 0.2) is 6.10 Å². The second-order valence-electron chi connectivity index (χ2n) is 7.55.